The molecule has 0 aromatic heterocycles. The molecule has 1 aromatic rings. The number of fused-ring (bicyclic) bond motifs is 1. The molecule has 1 heteroatoms. The molecule has 128 valence electrons. The number of hydrogen-bond donors (Lipinski definition) is 0. The van der Waals surface area contributed by atoms with Crippen LogP contribution in [0.3, 0.4) is 0 Å². The normalized spacial score (nSPS) is 31.1. The van der Waals surface area contributed by atoms with Gasteiger partial charge in [-0.2, -0.15) is 0 Å². The second-order valence-corrected chi connectivity index (χ2v) is 9.65. The fourth-order valence-corrected chi connectivity index (χ4v) is 4.32. The Kier molecular flexibility index (Phi) is 4.14. The van der Waals surface area contributed by atoms with E-state index >= 15 is 0 Å². The molecule has 0 heterocycles. The van der Waals surface area contributed by atoms with E-state index in [2.05, 4.69) is 85.7 Å². The average Bonchev–Trinajstić information content (AvgIpc) is 3.21. The Morgan fingerprint density at radius 1 is 1.04 bits per heavy atom. The summed E-state index contributed by atoms with van der Waals surface area (Å²) in [6, 6.07) is 7.40. The summed E-state index contributed by atoms with van der Waals surface area (Å²) in [5, 5.41) is 0. The molecule has 0 saturated heterocycles. The fourth-order valence-electron chi connectivity index (χ4n) is 4.32. The summed E-state index contributed by atoms with van der Waals surface area (Å²) in [6.45, 7) is 14.3. The van der Waals surface area contributed by atoms with Crippen LogP contribution in [-0.2, 0) is 16.2 Å². The maximum Gasteiger partial charge on any atom is 0.129 e. The molecule has 0 N–H and O–H groups in total. The zero-order valence-corrected chi connectivity index (χ0v) is 16.7. The van der Waals surface area contributed by atoms with E-state index in [0.29, 0.717) is 22.2 Å². The van der Waals surface area contributed by atoms with E-state index in [4.69, 9.17) is 0 Å². The fraction of sp³-hybridized carbons (Fsp3) is 0.565. The number of benzene rings is 1. The van der Waals surface area contributed by atoms with Crippen LogP contribution in [0.25, 0.3) is 0 Å². The number of hydrogen-bond acceptors (Lipinski definition) is 0. The quantitative estimate of drug-likeness (QED) is 0.516. The van der Waals surface area contributed by atoms with Crippen molar-refractivity contribution < 1.29 is 0 Å². The summed E-state index contributed by atoms with van der Waals surface area (Å²) in [5.41, 5.74) is 7.02. The Bertz CT molecular complexity index is 705. The first-order valence-corrected chi connectivity index (χ1v) is 9.57. The maximum absolute atomic E-state index is 2.55. The molecule has 2 aliphatic carbocycles. The minimum Gasteiger partial charge on any atom is -0.121 e. The predicted molar refractivity (Wildman–Crippen MR) is 109 cm³/mol. The molecule has 0 radical (unpaired) electrons. The summed E-state index contributed by atoms with van der Waals surface area (Å²) < 4.78 is 0. The highest BCUT2D eigenvalue weighted by Gasteiger charge is 2.50. The molecule has 2 aliphatic rings. The van der Waals surface area contributed by atoms with Crippen molar-refractivity contribution in [2.24, 2.45) is 5.92 Å². The van der Waals surface area contributed by atoms with E-state index in [9.17, 15) is 0 Å². The average molecular weight is 320 g/mol. The monoisotopic (exact) mass is 320 g/mol. The van der Waals surface area contributed by atoms with E-state index in [-0.39, 0.29) is 0 Å². The van der Waals surface area contributed by atoms with Crippen molar-refractivity contribution in [3.05, 3.63) is 58.6 Å². The molecule has 24 heavy (non-hydrogen) atoms. The van der Waals surface area contributed by atoms with E-state index in [1.807, 2.05) is 0 Å². The van der Waals surface area contributed by atoms with Crippen molar-refractivity contribution in [2.75, 3.05) is 0 Å². The maximum atomic E-state index is 2.55. The van der Waals surface area contributed by atoms with E-state index in [1.54, 1.807) is 16.7 Å². The van der Waals surface area contributed by atoms with Gasteiger partial charge in [-0.15, -0.1) is 5.98 Å². The molecule has 1 saturated carbocycles. The summed E-state index contributed by atoms with van der Waals surface area (Å²) in [5.74, 6) is 2.87. The first kappa shape index (κ1) is 17.6. The van der Waals surface area contributed by atoms with Crippen LogP contribution < -0.4 is 0 Å². The van der Waals surface area contributed by atoms with Gasteiger partial charge in [0.1, 0.15) is 7.85 Å². The molecule has 0 bridgehead atoms. The van der Waals surface area contributed by atoms with Gasteiger partial charge >= 0.3 is 0 Å². The van der Waals surface area contributed by atoms with Crippen LogP contribution in [0.15, 0.2) is 41.9 Å². The van der Waals surface area contributed by atoms with Gasteiger partial charge in [0, 0.05) is 0 Å². The highest BCUT2D eigenvalue weighted by atomic mass is 14.5. The third-order valence-corrected chi connectivity index (χ3v) is 6.86. The first-order valence-electron chi connectivity index (χ1n) is 9.57. The van der Waals surface area contributed by atoms with Crippen LogP contribution in [0.1, 0.15) is 77.5 Å². The van der Waals surface area contributed by atoms with Crippen molar-refractivity contribution in [1.82, 2.24) is 0 Å². The van der Waals surface area contributed by atoms with Gasteiger partial charge in [-0.1, -0.05) is 70.5 Å². The largest absolute Gasteiger partial charge is 0.129 e. The highest BCUT2D eigenvalue weighted by molar-refractivity contribution is 6.17. The van der Waals surface area contributed by atoms with Crippen molar-refractivity contribution in [2.45, 2.75) is 77.0 Å². The molecule has 0 spiro atoms. The first-order chi connectivity index (χ1) is 11.1. The Morgan fingerprint density at radius 2 is 1.67 bits per heavy atom. The lowest BCUT2D eigenvalue weighted by Gasteiger charge is -2.42. The van der Waals surface area contributed by atoms with Gasteiger partial charge in [0.05, 0.1) is 0 Å². The van der Waals surface area contributed by atoms with Crippen LogP contribution in [0.4, 0.5) is 0 Å². The van der Waals surface area contributed by atoms with Crippen molar-refractivity contribution in [3.8, 4) is 0 Å². The lowest BCUT2D eigenvalue weighted by molar-refractivity contribution is 0.331. The Hall–Kier alpha value is -1.24. The van der Waals surface area contributed by atoms with Crippen LogP contribution in [0, 0.1) is 5.92 Å². The SMILES string of the molecule is B/C=C(\C)C=CC1CC1(C)c1ccc2c(c1)C(C)(C)CCC2(C)C. The van der Waals surface area contributed by atoms with Crippen LogP contribution in [-0.4, -0.2) is 7.85 Å². The van der Waals surface area contributed by atoms with E-state index < -0.39 is 0 Å². The number of allylic oxidation sites excluding steroid dienone is 3. The molecule has 0 aliphatic heterocycles. The summed E-state index contributed by atoms with van der Waals surface area (Å²) in [7, 11) is 2.11. The molecule has 0 amide bonds. The van der Waals surface area contributed by atoms with Gasteiger partial charge in [-0.05, 0) is 65.0 Å². The molecular formula is C23H33B. The Balaban J connectivity index is 1.94. The molecule has 2 atom stereocenters. The topological polar surface area (TPSA) is 0 Å². The third-order valence-electron chi connectivity index (χ3n) is 6.86. The number of rotatable bonds is 3. The van der Waals surface area contributed by atoms with Crippen LogP contribution in [0.5, 0.6) is 0 Å². The second-order valence-electron chi connectivity index (χ2n) is 9.65. The van der Waals surface area contributed by atoms with Crippen LogP contribution in [0.2, 0.25) is 0 Å². The predicted octanol–water partition coefficient (Wildman–Crippen LogP) is 5.41. The van der Waals surface area contributed by atoms with Crippen molar-refractivity contribution in [3.63, 3.8) is 0 Å². The Morgan fingerprint density at radius 3 is 2.29 bits per heavy atom. The minimum atomic E-state index is 0.305. The van der Waals surface area contributed by atoms with Gasteiger partial charge in [-0.25, -0.2) is 0 Å². The molecule has 3 rings (SSSR count). The summed E-state index contributed by atoms with van der Waals surface area (Å²) in [4.78, 5) is 0. The lowest BCUT2D eigenvalue weighted by atomic mass is 9.62. The third kappa shape index (κ3) is 2.91. The van der Waals surface area contributed by atoms with Crippen molar-refractivity contribution >= 4 is 7.85 Å². The van der Waals surface area contributed by atoms with Gasteiger partial charge < -0.3 is 0 Å². The smallest absolute Gasteiger partial charge is 0.121 e. The Labute approximate surface area is 149 Å². The molecule has 1 aromatic carbocycles. The second kappa shape index (κ2) is 5.65. The zero-order valence-electron chi connectivity index (χ0n) is 16.7. The van der Waals surface area contributed by atoms with E-state index in [0.717, 1.165) is 0 Å². The standard InChI is InChI=1S/C23H33B/c1-16(15-24)7-8-18-14-23(18,6)17-9-10-19-20(13-17)22(4,5)12-11-21(19,2)3/h7-10,13,15,18H,11-12,14,24H2,1-6H3/b8-7?,16-15+. The lowest BCUT2D eigenvalue weighted by Crippen LogP contribution is -2.34. The molecular weight excluding hydrogens is 287 g/mol. The summed E-state index contributed by atoms with van der Waals surface area (Å²) in [6.07, 6.45) is 8.57. The molecule has 0 nitrogen and oxygen atoms in total. The highest BCUT2D eigenvalue weighted by Crippen LogP contribution is 2.56. The minimum absolute atomic E-state index is 0.305. The zero-order chi connectivity index (χ0) is 17.8. The summed E-state index contributed by atoms with van der Waals surface area (Å²) >= 11 is 0. The van der Waals surface area contributed by atoms with E-state index in [1.165, 1.54) is 24.8 Å². The molecule has 2 unspecified atom stereocenters. The van der Waals surface area contributed by atoms with Gasteiger partial charge in [0.15, 0.2) is 0 Å². The van der Waals surface area contributed by atoms with Crippen molar-refractivity contribution in [1.29, 1.82) is 0 Å². The van der Waals surface area contributed by atoms with Crippen LogP contribution >= 0.6 is 0 Å². The van der Waals surface area contributed by atoms with Gasteiger partial charge in [-0.3, -0.25) is 0 Å². The van der Waals surface area contributed by atoms with Gasteiger partial charge in [0.25, 0.3) is 0 Å². The molecule has 1 fully saturated rings. The van der Waals surface area contributed by atoms with Gasteiger partial charge in [0.2, 0.25) is 0 Å².